The van der Waals surface area contributed by atoms with Crippen LogP contribution in [0.25, 0.3) is 11.3 Å². The first-order valence-corrected chi connectivity index (χ1v) is 9.30. The highest BCUT2D eigenvalue weighted by Gasteiger charge is 2.31. The standard InChI is InChI=1S/C19H23F3N4O3/c1-12(11-27)24-18-25-16(9-17(26-18)23-10-15-6-3-7-28-15)13-4-2-5-14(8-13)29-19(20,21)22/h2,4-5,8-9,12,15,27H,3,6-7,10-11H2,1H3,(H2,23,24,25,26)/t12-,15+/m1/s1. The highest BCUT2D eigenvalue weighted by atomic mass is 19.4. The predicted octanol–water partition coefficient (Wildman–Crippen LogP) is 3.43. The minimum atomic E-state index is -4.78. The van der Waals surface area contributed by atoms with Crippen molar-refractivity contribution in [2.45, 2.75) is 38.3 Å². The van der Waals surface area contributed by atoms with E-state index in [1.807, 2.05) is 0 Å². The van der Waals surface area contributed by atoms with Gasteiger partial charge < -0.3 is 25.2 Å². The van der Waals surface area contributed by atoms with Crippen molar-refractivity contribution in [3.05, 3.63) is 30.3 Å². The van der Waals surface area contributed by atoms with E-state index in [1.165, 1.54) is 18.2 Å². The van der Waals surface area contributed by atoms with Crippen LogP contribution in [0.3, 0.4) is 0 Å². The zero-order valence-electron chi connectivity index (χ0n) is 15.9. The van der Waals surface area contributed by atoms with E-state index in [0.717, 1.165) is 19.4 Å². The second-order valence-corrected chi connectivity index (χ2v) is 6.78. The maximum Gasteiger partial charge on any atom is 0.573 e. The maximum absolute atomic E-state index is 12.5. The molecule has 1 saturated heterocycles. The molecule has 1 aromatic carbocycles. The van der Waals surface area contributed by atoms with Gasteiger partial charge in [0, 0.05) is 30.8 Å². The van der Waals surface area contributed by atoms with Gasteiger partial charge in [-0.05, 0) is 31.9 Å². The molecule has 2 aromatic rings. The minimum Gasteiger partial charge on any atom is -0.406 e. The van der Waals surface area contributed by atoms with E-state index in [9.17, 15) is 18.3 Å². The molecule has 0 aliphatic carbocycles. The first-order valence-electron chi connectivity index (χ1n) is 9.30. The van der Waals surface area contributed by atoms with Gasteiger partial charge >= 0.3 is 6.36 Å². The number of halogens is 3. The van der Waals surface area contributed by atoms with E-state index in [-0.39, 0.29) is 30.5 Å². The summed E-state index contributed by atoms with van der Waals surface area (Å²) in [5.41, 5.74) is 0.851. The first-order chi connectivity index (χ1) is 13.8. The molecule has 3 N–H and O–H groups in total. The molecule has 1 aliphatic rings. The fourth-order valence-corrected chi connectivity index (χ4v) is 2.89. The van der Waals surface area contributed by atoms with Gasteiger partial charge in [-0.2, -0.15) is 4.98 Å². The average molecular weight is 412 g/mol. The maximum atomic E-state index is 12.5. The van der Waals surface area contributed by atoms with Crippen molar-refractivity contribution in [3.63, 3.8) is 0 Å². The lowest BCUT2D eigenvalue weighted by Crippen LogP contribution is -2.22. The van der Waals surface area contributed by atoms with Gasteiger partial charge in [0.2, 0.25) is 5.95 Å². The van der Waals surface area contributed by atoms with Crippen LogP contribution in [0, 0.1) is 0 Å². The Morgan fingerprint density at radius 2 is 2.14 bits per heavy atom. The number of nitrogens with one attached hydrogen (secondary N) is 2. The van der Waals surface area contributed by atoms with Crippen molar-refractivity contribution in [1.29, 1.82) is 0 Å². The quantitative estimate of drug-likeness (QED) is 0.612. The van der Waals surface area contributed by atoms with Crippen LogP contribution in [-0.2, 0) is 4.74 Å². The largest absolute Gasteiger partial charge is 0.573 e. The summed E-state index contributed by atoms with van der Waals surface area (Å²) in [5, 5.41) is 15.4. The number of anilines is 2. The molecule has 0 radical (unpaired) electrons. The minimum absolute atomic E-state index is 0.0877. The Morgan fingerprint density at radius 3 is 2.83 bits per heavy atom. The number of aliphatic hydroxyl groups is 1. The summed E-state index contributed by atoms with van der Waals surface area (Å²) in [6.45, 7) is 2.92. The molecular formula is C19H23F3N4O3. The van der Waals surface area contributed by atoms with E-state index in [0.29, 0.717) is 23.6 Å². The highest BCUT2D eigenvalue weighted by molar-refractivity contribution is 5.66. The molecule has 0 bridgehead atoms. The summed E-state index contributed by atoms with van der Waals surface area (Å²) in [5.74, 6) is 0.419. The predicted molar refractivity (Wildman–Crippen MR) is 102 cm³/mol. The Hall–Kier alpha value is -2.59. The molecule has 0 amide bonds. The zero-order valence-corrected chi connectivity index (χ0v) is 15.9. The molecule has 7 nitrogen and oxygen atoms in total. The summed E-state index contributed by atoms with van der Waals surface area (Å²) >= 11 is 0. The number of benzene rings is 1. The Morgan fingerprint density at radius 1 is 1.31 bits per heavy atom. The Bertz CT molecular complexity index is 814. The van der Waals surface area contributed by atoms with E-state index >= 15 is 0 Å². The molecule has 0 saturated carbocycles. The normalized spacial score (nSPS) is 17.8. The van der Waals surface area contributed by atoms with Gasteiger partial charge in [0.25, 0.3) is 0 Å². The van der Waals surface area contributed by atoms with Crippen molar-refractivity contribution in [2.75, 3.05) is 30.4 Å². The third kappa shape index (κ3) is 6.47. The second kappa shape index (κ2) is 9.27. The molecule has 3 rings (SSSR count). The van der Waals surface area contributed by atoms with E-state index in [4.69, 9.17) is 4.74 Å². The van der Waals surface area contributed by atoms with Crippen molar-refractivity contribution in [2.24, 2.45) is 0 Å². The Balaban J connectivity index is 1.86. The van der Waals surface area contributed by atoms with Crippen LogP contribution < -0.4 is 15.4 Å². The molecule has 0 spiro atoms. The number of alkyl halides is 3. The highest BCUT2D eigenvalue weighted by Crippen LogP contribution is 2.29. The molecular weight excluding hydrogens is 389 g/mol. The van der Waals surface area contributed by atoms with Crippen molar-refractivity contribution >= 4 is 11.8 Å². The first kappa shape index (κ1) is 21.1. The fraction of sp³-hybridized carbons (Fsp3) is 0.474. The van der Waals surface area contributed by atoms with Gasteiger partial charge in [-0.3, -0.25) is 0 Å². The molecule has 2 heterocycles. The van der Waals surface area contributed by atoms with E-state index in [2.05, 4.69) is 25.3 Å². The van der Waals surface area contributed by atoms with E-state index < -0.39 is 6.36 Å². The molecule has 0 unspecified atom stereocenters. The van der Waals surface area contributed by atoms with Gasteiger partial charge in [-0.25, -0.2) is 4.98 Å². The second-order valence-electron chi connectivity index (χ2n) is 6.78. The van der Waals surface area contributed by atoms with Crippen LogP contribution in [-0.4, -0.2) is 53.3 Å². The summed E-state index contributed by atoms with van der Waals surface area (Å²) in [4.78, 5) is 8.75. The van der Waals surface area contributed by atoms with Gasteiger partial charge in [0.15, 0.2) is 0 Å². The van der Waals surface area contributed by atoms with Crippen LogP contribution in [0.1, 0.15) is 19.8 Å². The lowest BCUT2D eigenvalue weighted by atomic mass is 10.1. The van der Waals surface area contributed by atoms with Gasteiger partial charge in [0.1, 0.15) is 11.6 Å². The summed E-state index contributed by atoms with van der Waals surface area (Å²) in [6, 6.07) is 6.93. The third-order valence-electron chi connectivity index (χ3n) is 4.27. The number of aliphatic hydroxyl groups excluding tert-OH is 1. The lowest BCUT2D eigenvalue weighted by Gasteiger charge is -2.16. The average Bonchev–Trinajstić information content (AvgIpc) is 3.18. The molecule has 2 atom stereocenters. The monoisotopic (exact) mass is 412 g/mol. The lowest BCUT2D eigenvalue weighted by molar-refractivity contribution is -0.274. The van der Waals surface area contributed by atoms with Crippen LogP contribution >= 0.6 is 0 Å². The fourth-order valence-electron chi connectivity index (χ4n) is 2.89. The molecule has 1 aromatic heterocycles. The van der Waals surface area contributed by atoms with Crippen molar-refractivity contribution in [1.82, 2.24) is 9.97 Å². The molecule has 1 fully saturated rings. The third-order valence-corrected chi connectivity index (χ3v) is 4.27. The van der Waals surface area contributed by atoms with Crippen LogP contribution in [0.15, 0.2) is 30.3 Å². The van der Waals surface area contributed by atoms with E-state index in [1.54, 1.807) is 19.1 Å². The number of rotatable bonds is 8. The SMILES string of the molecule is C[C@H](CO)Nc1nc(NC[C@@H]2CCCO2)cc(-c2cccc(OC(F)(F)F)c2)n1. The molecule has 10 heteroatoms. The van der Waals surface area contributed by atoms with Crippen molar-refractivity contribution in [3.8, 4) is 17.0 Å². The summed E-state index contributed by atoms with van der Waals surface area (Å²) in [7, 11) is 0. The van der Waals surface area contributed by atoms with Gasteiger partial charge in [-0.1, -0.05) is 12.1 Å². The number of hydrogen-bond donors (Lipinski definition) is 3. The van der Waals surface area contributed by atoms with Gasteiger partial charge in [0.05, 0.1) is 18.4 Å². The summed E-state index contributed by atoms with van der Waals surface area (Å²) < 4.78 is 47.2. The molecule has 29 heavy (non-hydrogen) atoms. The Labute approximate surface area is 166 Å². The number of nitrogens with zero attached hydrogens (tertiary/aromatic N) is 2. The van der Waals surface area contributed by atoms with Gasteiger partial charge in [-0.15, -0.1) is 13.2 Å². The topological polar surface area (TPSA) is 88.5 Å². The molecule has 158 valence electrons. The van der Waals surface area contributed by atoms with Crippen LogP contribution in [0.2, 0.25) is 0 Å². The van der Waals surface area contributed by atoms with Crippen LogP contribution in [0.4, 0.5) is 24.9 Å². The molecule has 1 aliphatic heterocycles. The number of hydrogen-bond acceptors (Lipinski definition) is 7. The smallest absolute Gasteiger partial charge is 0.406 e. The van der Waals surface area contributed by atoms with Crippen molar-refractivity contribution < 1.29 is 27.8 Å². The summed E-state index contributed by atoms with van der Waals surface area (Å²) in [6.07, 6.45) is -2.73. The number of ether oxygens (including phenoxy) is 2. The Kier molecular flexibility index (Phi) is 6.75. The number of aromatic nitrogens is 2. The van der Waals surface area contributed by atoms with Crippen LogP contribution in [0.5, 0.6) is 5.75 Å². The zero-order chi connectivity index (χ0) is 20.9.